The van der Waals surface area contributed by atoms with Crippen molar-refractivity contribution in [1.82, 2.24) is 4.98 Å². The Morgan fingerprint density at radius 1 is 1.20 bits per heavy atom. The summed E-state index contributed by atoms with van der Waals surface area (Å²) in [6, 6.07) is 13.9. The van der Waals surface area contributed by atoms with Gasteiger partial charge in [0.1, 0.15) is 10.8 Å². The Morgan fingerprint density at radius 2 is 1.96 bits per heavy atom. The first-order chi connectivity index (χ1) is 12.2. The largest absolute Gasteiger partial charge is 0.322 e. The van der Waals surface area contributed by atoms with Crippen LogP contribution in [0.2, 0.25) is 0 Å². The number of aryl methyl sites for hydroxylation is 1. The fraction of sp³-hybridized carbons (Fsp3) is 0.100. The van der Waals surface area contributed by atoms with E-state index in [4.69, 9.17) is 0 Å². The summed E-state index contributed by atoms with van der Waals surface area (Å²) in [5, 5.41) is 5.54. The van der Waals surface area contributed by atoms with Crippen molar-refractivity contribution in [2.75, 3.05) is 5.32 Å². The predicted molar refractivity (Wildman–Crippen MR) is 101 cm³/mol. The first kappa shape index (κ1) is 17.0. The SMILES string of the molecule is CCc1ccccc1NC(=O)C=Cc1csc(-c2ccc(F)cc2)n1. The zero-order chi connectivity index (χ0) is 17.6. The molecule has 126 valence electrons. The number of rotatable bonds is 5. The molecule has 0 saturated heterocycles. The number of para-hydroxylation sites is 1. The topological polar surface area (TPSA) is 42.0 Å². The van der Waals surface area contributed by atoms with Crippen LogP contribution in [-0.2, 0) is 11.2 Å². The van der Waals surface area contributed by atoms with Gasteiger partial charge in [0.25, 0.3) is 0 Å². The Hall–Kier alpha value is -2.79. The van der Waals surface area contributed by atoms with Gasteiger partial charge in [-0.2, -0.15) is 0 Å². The molecule has 2 aromatic carbocycles. The van der Waals surface area contributed by atoms with E-state index in [2.05, 4.69) is 10.3 Å². The van der Waals surface area contributed by atoms with Gasteiger partial charge in [0.2, 0.25) is 5.91 Å². The van der Waals surface area contributed by atoms with E-state index in [0.717, 1.165) is 28.2 Å². The van der Waals surface area contributed by atoms with Crippen LogP contribution in [0.5, 0.6) is 0 Å². The average Bonchev–Trinajstić information content (AvgIpc) is 3.10. The molecule has 1 heterocycles. The molecule has 0 aliphatic carbocycles. The smallest absolute Gasteiger partial charge is 0.248 e. The lowest BCUT2D eigenvalue weighted by Crippen LogP contribution is -2.09. The summed E-state index contributed by atoms with van der Waals surface area (Å²) >= 11 is 1.45. The van der Waals surface area contributed by atoms with Crippen molar-refractivity contribution in [3.8, 4) is 10.6 Å². The number of thiazole rings is 1. The number of carbonyl (C=O) groups is 1. The van der Waals surface area contributed by atoms with Gasteiger partial charge in [-0.25, -0.2) is 9.37 Å². The third kappa shape index (κ3) is 4.39. The molecule has 0 fully saturated rings. The first-order valence-electron chi connectivity index (χ1n) is 7.94. The van der Waals surface area contributed by atoms with Crippen LogP contribution in [0.4, 0.5) is 10.1 Å². The maximum Gasteiger partial charge on any atom is 0.248 e. The second-order valence-corrected chi connectivity index (χ2v) is 6.28. The molecule has 0 spiro atoms. The number of anilines is 1. The number of hydrogen-bond donors (Lipinski definition) is 1. The third-order valence-corrected chi connectivity index (χ3v) is 4.58. The molecule has 1 aromatic heterocycles. The van der Waals surface area contributed by atoms with Crippen LogP contribution in [0.1, 0.15) is 18.2 Å². The van der Waals surface area contributed by atoms with E-state index >= 15 is 0 Å². The van der Waals surface area contributed by atoms with Gasteiger partial charge in [0, 0.05) is 22.7 Å². The normalized spacial score (nSPS) is 11.0. The summed E-state index contributed by atoms with van der Waals surface area (Å²) in [6.07, 6.45) is 4.00. The molecule has 0 aliphatic heterocycles. The Bertz CT molecular complexity index is 900. The van der Waals surface area contributed by atoms with Gasteiger partial charge >= 0.3 is 0 Å². The number of carbonyl (C=O) groups excluding carboxylic acids is 1. The summed E-state index contributed by atoms with van der Waals surface area (Å²) in [5.74, 6) is -0.471. The fourth-order valence-corrected chi connectivity index (χ4v) is 3.17. The molecule has 0 bridgehead atoms. The van der Waals surface area contributed by atoms with Crippen LogP contribution >= 0.6 is 11.3 Å². The highest BCUT2D eigenvalue weighted by atomic mass is 32.1. The Morgan fingerprint density at radius 3 is 2.72 bits per heavy atom. The van der Waals surface area contributed by atoms with Crippen molar-refractivity contribution < 1.29 is 9.18 Å². The summed E-state index contributed by atoms with van der Waals surface area (Å²) < 4.78 is 13.0. The number of nitrogens with one attached hydrogen (secondary N) is 1. The van der Waals surface area contributed by atoms with Gasteiger partial charge < -0.3 is 5.32 Å². The highest BCUT2D eigenvalue weighted by Crippen LogP contribution is 2.24. The Kier molecular flexibility index (Phi) is 5.36. The van der Waals surface area contributed by atoms with Crippen molar-refractivity contribution in [3.63, 3.8) is 0 Å². The van der Waals surface area contributed by atoms with Gasteiger partial charge in [-0.1, -0.05) is 25.1 Å². The molecule has 25 heavy (non-hydrogen) atoms. The molecule has 5 heteroatoms. The Labute approximate surface area is 149 Å². The van der Waals surface area contributed by atoms with Crippen molar-refractivity contribution >= 4 is 29.0 Å². The van der Waals surface area contributed by atoms with Crippen molar-refractivity contribution in [3.05, 3.63) is 77.1 Å². The molecule has 0 radical (unpaired) electrons. The van der Waals surface area contributed by atoms with Crippen LogP contribution < -0.4 is 5.32 Å². The second kappa shape index (κ2) is 7.85. The quantitative estimate of drug-likeness (QED) is 0.644. The van der Waals surface area contributed by atoms with Crippen LogP contribution in [0.15, 0.2) is 60.0 Å². The van der Waals surface area contributed by atoms with Crippen LogP contribution in [0.25, 0.3) is 16.6 Å². The zero-order valence-electron chi connectivity index (χ0n) is 13.7. The number of nitrogens with zero attached hydrogens (tertiary/aromatic N) is 1. The average molecular weight is 352 g/mol. The molecule has 3 nitrogen and oxygen atoms in total. The summed E-state index contributed by atoms with van der Waals surface area (Å²) in [7, 11) is 0. The second-order valence-electron chi connectivity index (χ2n) is 5.42. The van der Waals surface area contributed by atoms with E-state index < -0.39 is 0 Å². The molecular weight excluding hydrogens is 335 g/mol. The van der Waals surface area contributed by atoms with Crippen molar-refractivity contribution in [2.24, 2.45) is 0 Å². The lowest BCUT2D eigenvalue weighted by Gasteiger charge is -2.07. The number of aromatic nitrogens is 1. The van der Waals surface area contributed by atoms with Crippen LogP contribution in [-0.4, -0.2) is 10.9 Å². The standard InChI is InChI=1S/C20H17FN2OS/c1-2-14-5-3-4-6-18(14)23-19(24)12-11-17-13-25-20(22-17)15-7-9-16(21)10-8-15/h3-13H,2H2,1H3,(H,23,24). The predicted octanol–water partition coefficient (Wildman–Crippen LogP) is 5.16. The molecule has 1 N–H and O–H groups in total. The van der Waals surface area contributed by atoms with Gasteiger partial charge in [-0.3, -0.25) is 4.79 Å². The molecular formula is C20H17FN2OS. The van der Waals surface area contributed by atoms with Crippen molar-refractivity contribution in [1.29, 1.82) is 0 Å². The minimum Gasteiger partial charge on any atom is -0.322 e. The van der Waals surface area contributed by atoms with Gasteiger partial charge in [-0.15, -0.1) is 11.3 Å². The molecule has 3 rings (SSSR count). The highest BCUT2D eigenvalue weighted by Gasteiger charge is 2.05. The number of halogens is 1. The maximum atomic E-state index is 13.0. The fourth-order valence-electron chi connectivity index (χ4n) is 2.37. The van der Waals surface area contributed by atoms with Crippen LogP contribution in [0, 0.1) is 5.82 Å². The summed E-state index contributed by atoms with van der Waals surface area (Å²) in [6.45, 7) is 2.05. The summed E-state index contributed by atoms with van der Waals surface area (Å²) in [5.41, 5.74) is 3.47. The molecule has 0 atom stereocenters. The van der Waals surface area contributed by atoms with E-state index in [1.54, 1.807) is 18.2 Å². The molecule has 1 amide bonds. The zero-order valence-corrected chi connectivity index (χ0v) is 14.5. The van der Waals surface area contributed by atoms with Crippen molar-refractivity contribution in [2.45, 2.75) is 13.3 Å². The van der Waals surface area contributed by atoms with Gasteiger partial charge in [-0.05, 0) is 48.4 Å². The Balaban J connectivity index is 1.68. The molecule has 0 unspecified atom stereocenters. The van der Waals surface area contributed by atoms with E-state index in [-0.39, 0.29) is 11.7 Å². The number of benzene rings is 2. The summed E-state index contributed by atoms with van der Waals surface area (Å²) in [4.78, 5) is 16.6. The molecule has 0 aliphatic rings. The van der Waals surface area contributed by atoms with Gasteiger partial charge in [0.15, 0.2) is 0 Å². The van der Waals surface area contributed by atoms with E-state index in [1.165, 1.54) is 29.5 Å². The number of hydrogen-bond acceptors (Lipinski definition) is 3. The van der Waals surface area contributed by atoms with Gasteiger partial charge in [0.05, 0.1) is 5.69 Å². The third-order valence-electron chi connectivity index (χ3n) is 3.67. The van der Waals surface area contributed by atoms with E-state index in [0.29, 0.717) is 5.69 Å². The lowest BCUT2D eigenvalue weighted by atomic mass is 10.1. The monoisotopic (exact) mass is 352 g/mol. The number of amides is 1. The molecule has 0 saturated carbocycles. The molecule has 3 aromatic rings. The minimum absolute atomic E-state index is 0.197. The highest BCUT2D eigenvalue weighted by molar-refractivity contribution is 7.13. The maximum absolute atomic E-state index is 13.0. The van der Waals surface area contributed by atoms with E-state index in [9.17, 15) is 9.18 Å². The lowest BCUT2D eigenvalue weighted by molar-refractivity contribution is -0.111. The van der Waals surface area contributed by atoms with E-state index in [1.807, 2.05) is 36.6 Å². The minimum atomic E-state index is -0.274. The van der Waals surface area contributed by atoms with Crippen LogP contribution in [0.3, 0.4) is 0 Å². The first-order valence-corrected chi connectivity index (χ1v) is 8.82.